The largest absolute Gasteiger partial charge is 0.475 e. The van der Waals surface area contributed by atoms with Crippen LogP contribution in [0.4, 0.5) is 5.82 Å². The molecule has 1 N–H and O–H groups in total. The molecule has 1 atom stereocenters. The number of ether oxygens (including phenoxy) is 4. The van der Waals surface area contributed by atoms with Crippen molar-refractivity contribution in [3.8, 4) is 17.4 Å². The van der Waals surface area contributed by atoms with Gasteiger partial charge in [0.05, 0.1) is 19.6 Å². The Morgan fingerprint density at radius 3 is 3.00 bits per heavy atom. The summed E-state index contributed by atoms with van der Waals surface area (Å²) in [5, 5.41) is 7.40. The molecule has 5 rings (SSSR count). The molecule has 0 fully saturated rings. The molecule has 2 aliphatic rings. The minimum absolute atomic E-state index is 0.170. The molecule has 0 spiro atoms. The highest BCUT2D eigenvalue weighted by Gasteiger charge is 2.23. The summed E-state index contributed by atoms with van der Waals surface area (Å²) >= 11 is 0. The molecule has 3 aromatic rings. The Hall–Kier alpha value is -3.75. The molecule has 0 saturated carbocycles. The smallest absolute Gasteiger partial charge is 0.306 e. The molecule has 0 aliphatic carbocycles. The number of hydrogen-bond acceptors (Lipinski definition) is 9. The van der Waals surface area contributed by atoms with Gasteiger partial charge in [-0.2, -0.15) is 0 Å². The summed E-state index contributed by atoms with van der Waals surface area (Å²) in [6, 6.07) is 11.7. The molecular formula is C26H29N3O6. The number of esters is 1. The molecule has 0 saturated heterocycles. The van der Waals surface area contributed by atoms with Gasteiger partial charge in [-0.1, -0.05) is 12.1 Å². The van der Waals surface area contributed by atoms with E-state index in [-0.39, 0.29) is 25.1 Å². The van der Waals surface area contributed by atoms with E-state index in [1.54, 1.807) is 13.0 Å². The molecule has 4 heterocycles. The summed E-state index contributed by atoms with van der Waals surface area (Å²) in [6.07, 6.45) is 3.55. The fraction of sp³-hybridized carbons (Fsp3) is 0.423. The van der Waals surface area contributed by atoms with Gasteiger partial charge in [-0.25, -0.2) is 4.98 Å². The van der Waals surface area contributed by atoms with Crippen LogP contribution in [-0.2, 0) is 28.8 Å². The van der Waals surface area contributed by atoms with Crippen molar-refractivity contribution in [2.75, 3.05) is 31.9 Å². The van der Waals surface area contributed by atoms with Gasteiger partial charge in [-0.15, -0.1) is 0 Å². The van der Waals surface area contributed by atoms with Gasteiger partial charge >= 0.3 is 5.97 Å². The first-order valence-electron chi connectivity index (χ1n) is 12.0. The lowest BCUT2D eigenvalue weighted by Gasteiger charge is -2.17. The summed E-state index contributed by atoms with van der Waals surface area (Å²) in [7, 11) is 0. The lowest BCUT2D eigenvalue weighted by Crippen LogP contribution is -2.14. The number of fused-ring (bicyclic) bond motifs is 2. The summed E-state index contributed by atoms with van der Waals surface area (Å²) < 4.78 is 27.4. The van der Waals surface area contributed by atoms with Gasteiger partial charge in [-0.05, 0) is 54.2 Å². The minimum atomic E-state index is -0.266. The van der Waals surface area contributed by atoms with E-state index in [0.717, 1.165) is 36.5 Å². The van der Waals surface area contributed by atoms with Crippen molar-refractivity contribution in [1.29, 1.82) is 0 Å². The monoisotopic (exact) mass is 479 g/mol. The fourth-order valence-corrected chi connectivity index (χ4v) is 4.37. The van der Waals surface area contributed by atoms with Crippen molar-refractivity contribution in [1.82, 2.24) is 10.1 Å². The average molecular weight is 480 g/mol. The van der Waals surface area contributed by atoms with E-state index in [9.17, 15) is 4.79 Å². The maximum atomic E-state index is 12.3. The Balaban J connectivity index is 1.21. The molecule has 1 aromatic carbocycles. The number of anilines is 1. The Labute approximate surface area is 203 Å². The highest BCUT2D eigenvalue weighted by Crippen LogP contribution is 2.36. The van der Waals surface area contributed by atoms with E-state index >= 15 is 0 Å². The van der Waals surface area contributed by atoms with Crippen molar-refractivity contribution >= 4 is 11.8 Å². The van der Waals surface area contributed by atoms with Crippen LogP contribution in [0.15, 0.2) is 40.9 Å². The van der Waals surface area contributed by atoms with Gasteiger partial charge in [-0.3, -0.25) is 4.79 Å². The van der Waals surface area contributed by atoms with Crippen LogP contribution in [0.1, 0.15) is 48.3 Å². The number of aromatic nitrogens is 2. The zero-order valence-electron chi connectivity index (χ0n) is 19.7. The van der Waals surface area contributed by atoms with Crippen LogP contribution in [0.5, 0.6) is 17.4 Å². The number of hydrogen-bond donors (Lipinski definition) is 1. The first kappa shape index (κ1) is 23.0. The predicted octanol–water partition coefficient (Wildman–Crippen LogP) is 4.06. The van der Waals surface area contributed by atoms with Crippen LogP contribution in [0.3, 0.4) is 0 Å². The van der Waals surface area contributed by atoms with Crippen molar-refractivity contribution in [3.63, 3.8) is 0 Å². The summed E-state index contributed by atoms with van der Waals surface area (Å²) in [5.74, 6) is 2.95. The Kier molecular flexibility index (Phi) is 7.02. The summed E-state index contributed by atoms with van der Waals surface area (Å²) in [5.41, 5.74) is 3.18. The highest BCUT2D eigenvalue weighted by atomic mass is 16.7. The molecule has 9 nitrogen and oxygen atoms in total. The second-order valence-electron chi connectivity index (χ2n) is 8.59. The second-order valence-corrected chi connectivity index (χ2v) is 8.59. The quantitative estimate of drug-likeness (QED) is 0.431. The van der Waals surface area contributed by atoms with E-state index in [0.29, 0.717) is 49.2 Å². The number of carbonyl (C=O) groups is 1. The third-order valence-corrected chi connectivity index (χ3v) is 6.13. The lowest BCUT2D eigenvalue weighted by molar-refractivity contribution is -0.143. The second kappa shape index (κ2) is 10.7. The molecule has 184 valence electrons. The summed E-state index contributed by atoms with van der Waals surface area (Å²) in [6.45, 7) is 3.73. The Morgan fingerprint density at radius 2 is 2.09 bits per heavy atom. The average Bonchev–Trinajstić information content (AvgIpc) is 3.52. The van der Waals surface area contributed by atoms with Crippen molar-refractivity contribution in [2.24, 2.45) is 0 Å². The van der Waals surface area contributed by atoms with Gasteiger partial charge in [0, 0.05) is 37.1 Å². The topological polar surface area (TPSA) is 105 Å². The zero-order chi connectivity index (χ0) is 24.0. The Bertz CT molecular complexity index is 1180. The summed E-state index contributed by atoms with van der Waals surface area (Å²) in [4.78, 5) is 17.0. The number of rotatable bonds is 10. The van der Waals surface area contributed by atoms with E-state index in [2.05, 4.69) is 22.6 Å². The van der Waals surface area contributed by atoms with Crippen LogP contribution in [0.25, 0.3) is 0 Å². The third kappa shape index (κ3) is 5.67. The number of benzene rings is 1. The van der Waals surface area contributed by atoms with Crippen LogP contribution >= 0.6 is 0 Å². The number of carbonyl (C=O) groups excluding carboxylic acids is 1. The fourth-order valence-electron chi connectivity index (χ4n) is 4.37. The number of pyridine rings is 1. The first-order chi connectivity index (χ1) is 17.2. The van der Waals surface area contributed by atoms with Crippen LogP contribution in [-0.4, -0.2) is 42.7 Å². The molecule has 2 aliphatic heterocycles. The van der Waals surface area contributed by atoms with E-state index in [4.69, 9.17) is 28.5 Å². The van der Waals surface area contributed by atoms with Crippen LogP contribution < -0.4 is 19.5 Å². The number of nitrogens with one attached hydrogen (secondary N) is 1. The van der Waals surface area contributed by atoms with Gasteiger partial charge in [0.25, 0.3) is 5.88 Å². The molecule has 1 unspecified atom stereocenters. The van der Waals surface area contributed by atoms with E-state index < -0.39 is 0 Å². The molecule has 0 radical (unpaired) electrons. The van der Waals surface area contributed by atoms with Crippen LogP contribution in [0, 0.1) is 0 Å². The van der Waals surface area contributed by atoms with Gasteiger partial charge in [0.15, 0.2) is 11.5 Å². The third-order valence-electron chi connectivity index (χ3n) is 6.13. The van der Waals surface area contributed by atoms with Crippen LogP contribution in [0.2, 0.25) is 0 Å². The van der Waals surface area contributed by atoms with Crippen molar-refractivity contribution in [3.05, 3.63) is 59.0 Å². The predicted molar refractivity (Wildman–Crippen MR) is 127 cm³/mol. The maximum Gasteiger partial charge on any atom is 0.306 e. The minimum Gasteiger partial charge on any atom is -0.475 e. The van der Waals surface area contributed by atoms with Crippen molar-refractivity contribution < 1.29 is 28.3 Å². The number of aryl methyl sites for hydroxylation is 1. The van der Waals surface area contributed by atoms with Gasteiger partial charge < -0.3 is 28.8 Å². The van der Waals surface area contributed by atoms with Gasteiger partial charge in [0.2, 0.25) is 6.79 Å². The van der Waals surface area contributed by atoms with Crippen molar-refractivity contribution in [2.45, 2.75) is 44.9 Å². The zero-order valence-corrected chi connectivity index (χ0v) is 19.7. The highest BCUT2D eigenvalue weighted by molar-refractivity contribution is 5.70. The SMILES string of the molecule is CCOC(=O)CC(Cc1cc(OCCc2ccc3c(n2)NCCC3)no1)c1ccc2c(c1)OCO2. The molecule has 9 heteroatoms. The first-order valence-corrected chi connectivity index (χ1v) is 12.0. The van der Waals surface area contributed by atoms with E-state index in [1.807, 2.05) is 18.2 Å². The molecule has 2 aromatic heterocycles. The molecule has 0 amide bonds. The van der Waals surface area contributed by atoms with Gasteiger partial charge in [0.1, 0.15) is 11.6 Å². The standard InChI is InChI=1S/C26H29N3O6/c1-2-31-25(30)14-19(18-6-8-22-23(13-18)34-16-33-22)12-21-15-24(29-35-21)32-11-9-20-7-5-17-4-3-10-27-26(17)28-20/h5-8,13,15,19H,2-4,9-12,14,16H2,1H3,(H,27,28). The molecule has 35 heavy (non-hydrogen) atoms. The Morgan fingerprint density at radius 1 is 1.17 bits per heavy atom. The maximum absolute atomic E-state index is 12.3. The van der Waals surface area contributed by atoms with E-state index in [1.165, 1.54) is 5.56 Å². The molecule has 0 bridgehead atoms. The lowest BCUT2D eigenvalue weighted by atomic mass is 9.91. The normalized spacial score (nSPS) is 14.7. The number of nitrogens with zero attached hydrogens (tertiary/aromatic N) is 2. The molecular weight excluding hydrogens is 450 g/mol.